The van der Waals surface area contributed by atoms with Gasteiger partial charge in [-0.1, -0.05) is 18.2 Å². The molecule has 1 amide bonds. The van der Waals surface area contributed by atoms with Crippen LogP contribution in [0.15, 0.2) is 30.3 Å². The van der Waals surface area contributed by atoms with Gasteiger partial charge in [-0.05, 0) is 12.1 Å². The smallest absolute Gasteiger partial charge is 0.236 e. The molecule has 0 radical (unpaired) electrons. The Bertz CT molecular complexity index is 610. The van der Waals surface area contributed by atoms with E-state index >= 15 is 0 Å². The van der Waals surface area contributed by atoms with Crippen molar-refractivity contribution in [3.8, 4) is 0 Å². The second-order valence-electron chi connectivity index (χ2n) is 4.03. The number of carbonyl (C=O) groups is 2. The number of aromatic nitrogens is 1. The maximum atomic E-state index is 11.1. The first kappa shape index (κ1) is 12.0. The molecule has 0 bridgehead atoms. The van der Waals surface area contributed by atoms with E-state index in [0.717, 1.165) is 17.2 Å². The number of hydrogen-bond acceptors (Lipinski definition) is 4. The van der Waals surface area contributed by atoms with E-state index < -0.39 is 5.91 Å². The van der Waals surface area contributed by atoms with Crippen LogP contribution in [0.4, 0.5) is 5.82 Å². The third kappa shape index (κ3) is 2.29. The van der Waals surface area contributed by atoms with Crippen LogP contribution < -0.4 is 10.6 Å². The zero-order valence-corrected chi connectivity index (χ0v) is 9.96. The number of fused-ring (bicyclic) bond motifs is 1. The first-order chi connectivity index (χ1) is 8.61. The van der Waals surface area contributed by atoms with Crippen molar-refractivity contribution < 1.29 is 9.59 Å². The molecular formula is C13H13N3O2. The second kappa shape index (κ2) is 4.83. The standard InChI is InChI=1S/C13H13N3O2/c1-16(7-12(14)18)13-10(8-17)6-9-4-2-3-5-11(9)15-13/h2-6,8H,7H2,1H3,(H2,14,18). The number of nitrogens with two attached hydrogens (primary N) is 1. The number of amides is 1. The highest BCUT2D eigenvalue weighted by molar-refractivity contribution is 5.92. The number of pyridine rings is 1. The fourth-order valence-electron chi connectivity index (χ4n) is 1.82. The molecule has 5 heteroatoms. The van der Waals surface area contributed by atoms with Gasteiger partial charge in [-0.3, -0.25) is 9.59 Å². The van der Waals surface area contributed by atoms with E-state index in [9.17, 15) is 9.59 Å². The Morgan fingerprint density at radius 1 is 1.44 bits per heavy atom. The summed E-state index contributed by atoms with van der Waals surface area (Å²) in [5.74, 6) is -0.00759. The lowest BCUT2D eigenvalue weighted by molar-refractivity contribution is -0.116. The maximum absolute atomic E-state index is 11.1. The van der Waals surface area contributed by atoms with Crippen molar-refractivity contribution in [3.05, 3.63) is 35.9 Å². The van der Waals surface area contributed by atoms with Crippen LogP contribution in [0, 0.1) is 0 Å². The van der Waals surface area contributed by atoms with Gasteiger partial charge in [-0.2, -0.15) is 0 Å². The van der Waals surface area contributed by atoms with E-state index in [1.807, 2.05) is 24.3 Å². The molecule has 0 fully saturated rings. The molecule has 0 unspecified atom stereocenters. The highest BCUT2D eigenvalue weighted by Gasteiger charge is 2.12. The topological polar surface area (TPSA) is 76.3 Å². The van der Waals surface area contributed by atoms with Crippen molar-refractivity contribution in [2.24, 2.45) is 5.73 Å². The Balaban J connectivity index is 2.54. The number of anilines is 1. The van der Waals surface area contributed by atoms with Gasteiger partial charge in [-0.25, -0.2) is 4.98 Å². The average molecular weight is 243 g/mol. The van der Waals surface area contributed by atoms with Crippen LogP contribution in [0.3, 0.4) is 0 Å². The van der Waals surface area contributed by atoms with Gasteiger partial charge in [0.25, 0.3) is 0 Å². The Labute approximate surface area is 104 Å². The number of hydrogen-bond donors (Lipinski definition) is 1. The Kier molecular flexibility index (Phi) is 3.23. The van der Waals surface area contributed by atoms with Crippen molar-refractivity contribution in [2.75, 3.05) is 18.5 Å². The minimum atomic E-state index is -0.468. The molecule has 0 aliphatic heterocycles. The summed E-state index contributed by atoms with van der Waals surface area (Å²) in [6, 6.07) is 9.24. The number of primary amides is 1. The van der Waals surface area contributed by atoms with Gasteiger partial charge in [0.2, 0.25) is 5.91 Å². The zero-order chi connectivity index (χ0) is 13.1. The summed E-state index contributed by atoms with van der Waals surface area (Å²) in [6.07, 6.45) is 0.728. The van der Waals surface area contributed by atoms with E-state index in [-0.39, 0.29) is 6.54 Å². The maximum Gasteiger partial charge on any atom is 0.236 e. The van der Waals surface area contributed by atoms with E-state index in [1.165, 1.54) is 0 Å². The minimum Gasteiger partial charge on any atom is -0.368 e. The summed E-state index contributed by atoms with van der Waals surface area (Å²) >= 11 is 0. The van der Waals surface area contributed by atoms with Crippen molar-refractivity contribution in [1.82, 2.24) is 4.98 Å². The minimum absolute atomic E-state index is 0.0200. The molecule has 2 rings (SSSR count). The fraction of sp³-hybridized carbons (Fsp3) is 0.154. The predicted octanol–water partition coefficient (Wildman–Crippen LogP) is 0.969. The van der Waals surface area contributed by atoms with Crippen LogP contribution in [-0.4, -0.2) is 30.8 Å². The lowest BCUT2D eigenvalue weighted by atomic mass is 10.1. The molecule has 2 N–H and O–H groups in total. The number of likely N-dealkylation sites (N-methyl/N-ethyl adjacent to an activating group) is 1. The second-order valence-corrected chi connectivity index (χ2v) is 4.03. The molecular weight excluding hydrogens is 230 g/mol. The quantitative estimate of drug-likeness (QED) is 0.812. The SMILES string of the molecule is CN(CC(N)=O)c1nc2ccccc2cc1C=O. The first-order valence-electron chi connectivity index (χ1n) is 5.46. The Hall–Kier alpha value is -2.43. The molecule has 5 nitrogen and oxygen atoms in total. The van der Waals surface area contributed by atoms with Gasteiger partial charge in [0.15, 0.2) is 6.29 Å². The molecule has 0 saturated heterocycles. The molecule has 0 aliphatic rings. The number of carbonyl (C=O) groups excluding carboxylic acids is 2. The normalized spacial score (nSPS) is 10.3. The van der Waals surface area contributed by atoms with Gasteiger partial charge >= 0.3 is 0 Å². The summed E-state index contributed by atoms with van der Waals surface area (Å²) in [7, 11) is 1.68. The largest absolute Gasteiger partial charge is 0.368 e. The third-order valence-electron chi connectivity index (χ3n) is 2.61. The summed E-state index contributed by atoms with van der Waals surface area (Å²) < 4.78 is 0. The molecule has 18 heavy (non-hydrogen) atoms. The summed E-state index contributed by atoms with van der Waals surface area (Å²) in [6.45, 7) is 0.0200. The van der Waals surface area contributed by atoms with Crippen molar-refractivity contribution >= 4 is 28.9 Å². The highest BCUT2D eigenvalue weighted by atomic mass is 16.1. The summed E-state index contributed by atoms with van der Waals surface area (Å²) in [5, 5.41) is 0.885. The van der Waals surface area contributed by atoms with Gasteiger partial charge in [-0.15, -0.1) is 0 Å². The number of nitrogens with zero attached hydrogens (tertiary/aromatic N) is 2. The van der Waals surface area contributed by atoms with E-state index in [2.05, 4.69) is 4.98 Å². The van der Waals surface area contributed by atoms with Gasteiger partial charge in [0.1, 0.15) is 5.82 Å². The number of para-hydroxylation sites is 1. The average Bonchev–Trinajstić information content (AvgIpc) is 2.36. The van der Waals surface area contributed by atoms with Crippen LogP contribution in [0.25, 0.3) is 10.9 Å². The first-order valence-corrected chi connectivity index (χ1v) is 5.46. The molecule has 2 aromatic rings. The highest BCUT2D eigenvalue weighted by Crippen LogP contribution is 2.21. The summed E-state index contributed by atoms with van der Waals surface area (Å²) in [5.41, 5.74) is 6.35. The van der Waals surface area contributed by atoms with Crippen molar-refractivity contribution in [2.45, 2.75) is 0 Å². The van der Waals surface area contributed by atoms with Crippen LogP contribution in [0.2, 0.25) is 0 Å². The molecule has 0 aliphatic carbocycles. The van der Waals surface area contributed by atoms with E-state index in [0.29, 0.717) is 11.4 Å². The summed E-state index contributed by atoms with van der Waals surface area (Å²) in [4.78, 5) is 27.9. The van der Waals surface area contributed by atoms with Crippen LogP contribution >= 0.6 is 0 Å². The van der Waals surface area contributed by atoms with E-state index in [1.54, 1.807) is 18.0 Å². The van der Waals surface area contributed by atoms with Gasteiger partial charge < -0.3 is 10.6 Å². The van der Waals surface area contributed by atoms with Crippen LogP contribution in [-0.2, 0) is 4.79 Å². The van der Waals surface area contributed by atoms with Crippen LogP contribution in [0.1, 0.15) is 10.4 Å². The lowest BCUT2D eigenvalue weighted by Crippen LogP contribution is -2.31. The lowest BCUT2D eigenvalue weighted by Gasteiger charge is -2.18. The van der Waals surface area contributed by atoms with Crippen molar-refractivity contribution in [3.63, 3.8) is 0 Å². The van der Waals surface area contributed by atoms with Gasteiger partial charge in [0.05, 0.1) is 17.6 Å². The molecule has 1 aromatic heterocycles. The fourth-order valence-corrected chi connectivity index (χ4v) is 1.82. The van der Waals surface area contributed by atoms with E-state index in [4.69, 9.17) is 5.73 Å². The third-order valence-corrected chi connectivity index (χ3v) is 2.61. The number of aldehydes is 1. The number of benzene rings is 1. The van der Waals surface area contributed by atoms with Crippen LogP contribution in [0.5, 0.6) is 0 Å². The zero-order valence-electron chi connectivity index (χ0n) is 9.96. The monoisotopic (exact) mass is 243 g/mol. The molecule has 1 heterocycles. The Morgan fingerprint density at radius 2 is 2.17 bits per heavy atom. The number of rotatable bonds is 4. The molecule has 92 valence electrons. The molecule has 0 spiro atoms. The molecule has 0 saturated carbocycles. The molecule has 1 aromatic carbocycles. The predicted molar refractivity (Wildman–Crippen MR) is 69.6 cm³/mol. The van der Waals surface area contributed by atoms with Gasteiger partial charge in [0, 0.05) is 12.4 Å². The Morgan fingerprint density at radius 3 is 2.83 bits per heavy atom. The molecule has 0 atom stereocenters. The van der Waals surface area contributed by atoms with Crippen molar-refractivity contribution in [1.29, 1.82) is 0 Å².